The monoisotopic (exact) mass is 313 g/mol. The van der Waals surface area contributed by atoms with Gasteiger partial charge in [-0.05, 0) is 37.0 Å². The lowest BCUT2D eigenvalue weighted by molar-refractivity contribution is -0.141. The van der Waals surface area contributed by atoms with Crippen LogP contribution >= 0.6 is 0 Å². The number of hydrogen-bond acceptors (Lipinski definition) is 3. The van der Waals surface area contributed by atoms with Gasteiger partial charge >= 0.3 is 12.6 Å². The zero-order chi connectivity index (χ0) is 16.1. The minimum Gasteiger partial charge on any atom is -0.481 e. The van der Waals surface area contributed by atoms with Gasteiger partial charge in [0.15, 0.2) is 0 Å². The Morgan fingerprint density at radius 1 is 1.32 bits per heavy atom. The molecule has 0 saturated heterocycles. The molecule has 1 aliphatic rings. The predicted molar refractivity (Wildman–Crippen MR) is 73.4 cm³/mol. The van der Waals surface area contributed by atoms with Crippen LogP contribution in [0.5, 0.6) is 5.75 Å². The highest BCUT2D eigenvalue weighted by Crippen LogP contribution is 2.31. The topological polar surface area (TPSA) is 75.6 Å². The van der Waals surface area contributed by atoms with E-state index in [1.165, 1.54) is 12.1 Å². The second kappa shape index (κ2) is 7.20. The van der Waals surface area contributed by atoms with E-state index < -0.39 is 18.5 Å². The molecule has 0 bridgehead atoms. The van der Waals surface area contributed by atoms with Crippen molar-refractivity contribution >= 4 is 11.9 Å². The number of carboxylic acids is 1. The van der Waals surface area contributed by atoms with Gasteiger partial charge in [-0.3, -0.25) is 9.59 Å². The molecular weight excluding hydrogens is 296 g/mol. The Labute approximate surface area is 126 Å². The molecule has 0 heterocycles. The first kappa shape index (κ1) is 16.2. The van der Waals surface area contributed by atoms with Gasteiger partial charge in [-0.1, -0.05) is 12.1 Å². The third-order valence-electron chi connectivity index (χ3n) is 3.74. The van der Waals surface area contributed by atoms with Crippen LogP contribution in [0.1, 0.15) is 24.8 Å². The fraction of sp³-hybridized carbons (Fsp3) is 0.467. The number of carboxylic acid groups (broad SMARTS) is 1. The number of rotatable bonds is 6. The molecule has 120 valence electrons. The van der Waals surface area contributed by atoms with E-state index in [0.29, 0.717) is 24.8 Å². The number of alkyl halides is 2. The molecule has 2 N–H and O–H groups in total. The molecule has 0 unspecified atom stereocenters. The molecule has 0 aromatic heterocycles. The van der Waals surface area contributed by atoms with Gasteiger partial charge in [0.25, 0.3) is 0 Å². The Hall–Kier alpha value is -2.18. The third-order valence-corrected chi connectivity index (χ3v) is 3.74. The maximum Gasteiger partial charge on any atom is 0.387 e. The molecule has 7 heteroatoms. The Balaban J connectivity index is 1.85. The Morgan fingerprint density at radius 2 is 2.05 bits per heavy atom. The number of halogens is 2. The summed E-state index contributed by atoms with van der Waals surface area (Å²) < 4.78 is 28.6. The first-order valence-corrected chi connectivity index (χ1v) is 7.00. The molecule has 2 atom stereocenters. The van der Waals surface area contributed by atoms with E-state index in [2.05, 4.69) is 10.1 Å². The van der Waals surface area contributed by atoms with Crippen LogP contribution < -0.4 is 10.1 Å². The van der Waals surface area contributed by atoms with Crippen molar-refractivity contribution in [1.82, 2.24) is 5.32 Å². The quantitative estimate of drug-likeness (QED) is 0.845. The van der Waals surface area contributed by atoms with E-state index in [4.69, 9.17) is 5.11 Å². The Morgan fingerprint density at radius 3 is 2.68 bits per heavy atom. The minimum atomic E-state index is -2.89. The van der Waals surface area contributed by atoms with E-state index in [9.17, 15) is 18.4 Å². The van der Waals surface area contributed by atoms with Crippen LogP contribution in [0, 0.1) is 11.8 Å². The summed E-state index contributed by atoms with van der Waals surface area (Å²) in [5.41, 5.74) is 0.638. The Bertz CT molecular complexity index is 550. The van der Waals surface area contributed by atoms with E-state index in [0.717, 1.165) is 0 Å². The smallest absolute Gasteiger partial charge is 0.387 e. The van der Waals surface area contributed by atoms with Crippen molar-refractivity contribution in [3.8, 4) is 5.75 Å². The fourth-order valence-electron chi connectivity index (χ4n) is 2.61. The maximum atomic E-state index is 12.1. The second-order valence-electron chi connectivity index (χ2n) is 5.29. The lowest BCUT2D eigenvalue weighted by Gasteiger charge is -2.11. The van der Waals surface area contributed by atoms with Gasteiger partial charge in [0.2, 0.25) is 5.91 Å². The highest BCUT2D eigenvalue weighted by atomic mass is 19.3. The molecule has 1 aromatic rings. The number of aliphatic carboxylic acids is 1. The largest absolute Gasteiger partial charge is 0.481 e. The van der Waals surface area contributed by atoms with Crippen molar-refractivity contribution in [2.45, 2.75) is 32.4 Å². The highest BCUT2D eigenvalue weighted by Gasteiger charge is 2.33. The average Bonchev–Trinajstić information content (AvgIpc) is 2.94. The summed E-state index contributed by atoms with van der Waals surface area (Å²) in [6.07, 6.45) is 1.40. The molecule has 0 radical (unpaired) electrons. The summed E-state index contributed by atoms with van der Waals surface area (Å²) in [6.45, 7) is -2.70. The first-order valence-electron chi connectivity index (χ1n) is 7.00. The van der Waals surface area contributed by atoms with E-state index in [1.54, 1.807) is 12.1 Å². The number of nitrogens with one attached hydrogen (secondary N) is 1. The van der Waals surface area contributed by atoms with Gasteiger partial charge in [0.05, 0.1) is 5.92 Å². The normalized spacial score (nSPS) is 20.9. The van der Waals surface area contributed by atoms with Crippen LogP contribution in [0.2, 0.25) is 0 Å². The van der Waals surface area contributed by atoms with Crippen molar-refractivity contribution in [3.05, 3.63) is 29.8 Å². The van der Waals surface area contributed by atoms with Crippen LogP contribution in [-0.2, 0) is 16.1 Å². The van der Waals surface area contributed by atoms with Crippen molar-refractivity contribution in [2.75, 3.05) is 0 Å². The van der Waals surface area contributed by atoms with Crippen LogP contribution in [0.25, 0.3) is 0 Å². The predicted octanol–water partition coefficient (Wildman–Crippen LogP) is 2.41. The van der Waals surface area contributed by atoms with Crippen molar-refractivity contribution in [1.29, 1.82) is 0 Å². The van der Waals surface area contributed by atoms with Crippen LogP contribution in [0.4, 0.5) is 8.78 Å². The summed E-state index contributed by atoms with van der Waals surface area (Å²) in [5, 5.41) is 11.6. The summed E-state index contributed by atoms with van der Waals surface area (Å²) in [7, 11) is 0. The summed E-state index contributed by atoms with van der Waals surface area (Å²) in [5.74, 6) is -1.80. The van der Waals surface area contributed by atoms with Gasteiger partial charge in [-0.2, -0.15) is 8.78 Å². The molecular formula is C15H17F2NO4. The number of amides is 1. The highest BCUT2D eigenvalue weighted by molar-refractivity contribution is 5.80. The standard InChI is InChI=1S/C15H17F2NO4/c16-15(17)22-12-3-1-2-9(6-12)8-18-13(19)10-4-5-11(7-10)14(20)21/h1-3,6,10-11,15H,4-5,7-8H2,(H,18,19)(H,20,21)/t10-,11+/m0/s1. The first-order chi connectivity index (χ1) is 10.5. The van der Waals surface area contributed by atoms with Gasteiger partial charge in [0, 0.05) is 12.5 Å². The number of hydrogen-bond donors (Lipinski definition) is 2. The number of carbonyl (C=O) groups excluding carboxylic acids is 1. The molecule has 5 nitrogen and oxygen atoms in total. The molecule has 0 aliphatic heterocycles. The molecule has 2 rings (SSSR count). The van der Waals surface area contributed by atoms with E-state index >= 15 is 0 Å². The number of benzene rings is 1. The zero-order valence-electron chi connectivity index (χ0n) is 11.8. The minimum absolute atomic E-state index is 0.0357. The van der Waals surface area contributed by atoms with Gasteiger partial charge < -0.3 is 15.2 Å². The van der Waals surface area contributed by atoms with Crippen LogP contribution in [-0.4, -0.2) is 23.6 Å². The molecule has 1 saturated carbocycles. The van der Waals surface area contributed by atoms with Gasteiger partial charge in [0.1, 0.15) is 5.75 Å². The zero-order valence-corrected chi connectivity index (χ0v) is 11.8. The van der Waals surface area contributed by atoms with Crippen molar-refractivity contribution in [2.24, 2.45) is 11.8 Å². The van der Waals surface area contributed by atoms with Crippen LogP contribution in [0.3, 0.4) is 0 Å². The summed E-state index contributed by atoms with van der Waals surface area (Å²) >= 11 is 0. The van der Waals surface area contributed by atoms with Gasteiger partial charge in [-0.25, -0.2) is 0 Å². The lowest BCUT2D eigenvalue weighted by atomic mass is 10.0. The molecule has 1 amide bonds. The second-order valence-corrected chi connectivity index (χ2v) is 5.29. The number of carbonyl (C=O) groups is 2. The number of ether oxygens (including phenoxy) is 1. The maximum absolute atomic E-state index is 12.1. The Kier molecular flexibility index (Phi) is 5.30. The average molecular weight is 313 g/mol. The molecule has 22 heavy (non-hydrogen) atoms. The molecule has 1 aliphatic carbocycles. The molecule has 1 fully saturated rings. The van der Waals surface area contributed by atoms with Crippen LogP contribution in [0.15, 0.2) is 24.3 Å². The van der Waals surface area contributed by atoms with Crippen molar-refractivity contribution < 1.29 is 28.2 Å². The summed E-state index contributed by atoms with van der Waals surface area (Å²) in [4.78, 5) is 22.9. The molecule has 0 spiro atoms. The van der Waals surface area contributed by atoms with Gasteiger partial charge in [-0.15, -0.1) is 0 Å². The van der Waals surface area contributed by atoms with Crippen molar-refractivity contribution in [3.63, 3.8) is 0 Å². The summed E-state index contributed by atoms with van der Waals surface area (Å²) in [6, 6.07) is 6.09. The molecule has 1 aromatic carbocycles. The van der Waals surface area contributed by atoms with E-state index in [1.807, 2.05) is 0 Å². The fourth-order valence-corrected chi connectivity index (χ4v) is 2.61. The lowest BCUT2D eigenvalue weighted by Crippen LogP contribution is -2.29. The van der Waals surface area contributed by atoms with E-state index in [-0.39, 0.29) is 24.1 Å². The SMILES string of the molecule is O=C(O)[C@@H]1CC[C@H](C(=O)NCc2cccc(OC(F)F)c2)C1. The third kappa shape index (κ3) is 4.41.